The van der Waals surface area contributed by atoms with Crippen LogP contribution in [0, 0.1) is 0 Å². The summed E-state index contributed by atoms with van der Waals surface area (Å²) in [4.78, 5) is 2.28. The average molecular weight is 103 g/mol. The monoisotopic (exact) mass is 103 g/mol. The Kier molecular flexibility index (Phi) is 0.729. The van der Waals surface area contributed by atoms with E-state index in [-0.39, 0.29) is 0 Å². The summed E-state index contributed by atoms with van der Waals surface area (Å²) in [5, 5.41) is 0.458. The van der Waals surface area contributed by atoms with Gasteiger partial charge in [-0.25, -0.2) is 0 Å². The molecule has 1 saturated heterocycles. The minimum absolute atomic E-state index is 0.458. The largest absolute Gasteiger partial charge is 0.294 e. The van der Waals surface area contributed by atoms with Gasteiger partial charge in [0.2, 0.25) is 0 Å². The van der Waals surface area contributed by atoms with E-state index in [9.17, 15) is 0 Å². The summed E-state index contributed by atoms with van der Waals surface area (Å²) < 4.78 is 0. The fourth-order valence-electron chi connectivity index (χ4n) is 0.445. The molecule has 1 heterocycles. The fraction of sp³-hybridized carbons (Fsp3) is 1.00. The molecule has 0 N–H and O–H groups in total. The van der Waals surface area contributed by atoms with Crippen molar-refractivity contribution in [3.8, 4) is 0 Å². The summed E-state index contributed by atoms with van der Waals surface area (Å²) in [5.41, 5.74) is 0. The van der Waals surface area contributed by atoms with Gasteiger partial charge in [-0.1, -0.05) is 0 Å². The smallest absolute Gasteiger partial charge is 0.0446 e. The highest BCUT2D eigenvalue weighted by molar-refractivity contribution is 7.19. The third-order valence-corrected chi connectivity index (χ3v) is 1.95. The van der Waals surface area contributed by atoms with Crippen molar-refractivity contribution in [1.29, 1.82) is 0 Å². The Morgan fingerprint density at radius 1 is 1.83 bits per heavy atom. The van der Waals surface area contributed by atoms with Gasteiger partial charge in [0.1, 0.15) is 0 Å². The van der Waals surface area contributed by atoms with Crippen LogP contribution in [0.15, 0.2) is 0 Å². The molecule has 0 amide bonds. The third-order valence-electron chi connectivity index (χ3n) is 1.33. The molecule has 36 valence electrons. The maximum Gasteiger partial charge on any atom is 0.0446 e. The Morgan fingerprint density at radius 3 is 2.00 bits per heavy atom. The molecule has 1 aliphatic rings. The van der Waals surface area contributed by atoms with Crippen LogP contribution >= 0.6 is 9.24 Å². The van der Waals surface area contributed by atoms with Crippen molar-refractivity contribution in [2.75, 3.05) is 13.6 Å². The van der Waals surface area contributed by atoms with Crippen molar-refractivity contribution in [3.05, 3.63) is 0 Å². The van der Waals surface area contributed by atoms with Gasteiger partial charge in [0.15, 0.2) is 0 Å². The average Bonchev–Trinajstić information content (AvgIpc) is 1.73. The molecule has 6 heavy (non-hydrogen) atoms. The molecule has 1 aliphatic heterocycles. The lowest BCUT2D eigenvalue weighted by molar-refractivity contribution is 0.612. The number of likely N-dealkylation sites (N-methyl/N-ethyl adjacent to an activating group) is 1. The molecule has 1 rings (SSSR count). The molecule has 0 spiro atoms. The van der Waals surface area contributed by atoms with Gasteiger partial charge in [-0.15, -0.1) is 9.24 Å². The molecule has 3 unspecified atom stereocenters. The van der Waals surface area contributed by atoms with E-state index in [4.69, 9.17) is 0 Å². The van der Waals surface area contributed by atoms with Gasteiger partial charge < -0.3 is 0 Å². The summed E-state index contributed by atoms with van der Waals surface area (Å²) in [6, 6.07) is 0. The van der Waals surface area contributed by atoms with Crippen LogP contribution in [0.2, 0.25) is 0 Å². The molecule has 3 atom stereocenters. The summed E-state index contributed by atoms with van der Waals surface area (Å²) in [5.74, 6) is 0. The highest BCUT2D eigenvalue weighted by Gasteiger charge is 2.39. The van der Waals surface area contributed by atoms with Crippen LogP contribution < -0.4 is 0 Å². The molecule has 0 aromatic rings. The number of nitrogens with zero attached hydrogens (tertiary/aromatic N) is 1. The molecule has 1 nitrogen and oxygen atoms in total. The first kappa shape index (κ1) is 4.55. The van der Waals surface area contributed by atoms with E-state index < -0.39 is 0 Å². The van der Waals surface area contributed by atoms with Gasteiger partial charge >= 0.3 is 0 Å². The first-order valence-corrected chi connectivity index (χ1v) is 2.71. The predicted octanol–water partition coefficient (Wildman–Crippen LogP) is 0.523. The van der Waals surface area contributed by atoms with Gasteiger partial charge in [-0.05, 0) is 14.0 Å². The van der Waals surface area contributed by atoms with Crippen LogP contribution in [0.4, 0.5) is 0 Å². The Morgan fingerprint density at radius 2 is 2.00 bits per heavy atom. The standard InChI is InChI=1S/C4H10NP/c1-4(6)3-5(4)2/h3,6H2,1-2H3. The molecule has 0 aliphatic carbocycles. The number of rotatable bonds is 0. The predicted molar refractivity (Wildman–Crippen MR) is 30.7 cm³/mol. The molecular weight excluding hydrogens is 93.0 g/mol. The number of hydrogen-bond donors (Lipinski definition) is 0. The second-order valence-corrected chi connectivity index (χ2v) is 3.46. The molecule has 0 aromatic heterocycles. The van der Waals surface area contributed by atoms with Gasteiger partial charge in [0, 0.05) is 11.8 Å². The molecule has 1 fully saturated rings. The van der Waals surface area contributed by atoms with Gasteiger partial charge in [0.25, 0.3) is 0 Å². The van der Waals surface area contributed by atoms with E-state index in [1.165, 1.54) is 6.54 Å². The highest BCUT2D eigenvalue weighted by Crippen LogP contribution is 2.35. The van der Waals surface area contributed by atoms with E-state index in [0.29, 0.717) is 5.28 Å². The second-order valence-electron chi connectivity index (χ2n) is 2.21. The van der Waals surface area contributed by atoms with Crippen molar-refractivity contribution in [1.82, 2.24) is 4.90 Å². The molecule has 0 bridgehead atoms. The lowest BCUT2D eigenvalue weighted by atomic mass is 10.5. The van der Waals surface area contributed by atoms with E-state index >= 15 is 0 Å². The van der Waals surface area contributed by atoms with Crippen LogP contribution in [0.25, 0.3) is 0 Å². The lowest BCUT2D eigenvalue weighted by Crippen LogP contribution is -1.96. The summed E-state index contributed by atoms with van der Waals surface area (Å²) >= 11 is 0. The fourth-order valence-corrected chi connectivity index (χ4v) is 0.719. The first-order chi connectivity index (χ1) is 2.63. The lowest BCUT2D eigenvalue weighted by Gasteiger charge is -1.93. The molecule has 2 heteroatoms. The topological polar surface area (TPSA) is 3.01 Å². The van der Waals surface area contributed by atoms with Crippen LogP contribution in [-0.4, -0.2) is 23.8 Å². The van der Waals surface area contributed by atoms with Crippen molar-refractivity contribution in [2.45, 2.75) is 12.2 Å². The normalized spacial score (nSPS) is 55.5. The molecule has 0 radical (unpaired) electrons. The highest BCUT2D eigenvalue weighted by atomic mass is 31.0. The Balaban J connectivity index is 2.41. The zero-order chi connectivity index (χ0) is 4.78. The van der Waals surface area contributed by atoms with Gasteiger partial charge in [0.05, 0.1) is 0 Å². The summed E-state index contributed by atoms with van der Waals surface area (Å²) in [6.45, 7) is 3.44. The van der Waals surface area contributed by atoms with Crippen LogP contribution in [-0.2, 0) is 0 Å². The zero-order valence-electron chi connectivity index (χ0n) is 4.23. The van der Waals surface area contributed by atoms with Crippen molar-refractivity contribution >= 4 is 9.24 Å². The molecule has 0 aromatic carbocycles. The number of hydrogen-bond acceptors (Lipinski definition) is 1. The van der Waals surface area contributed by atoms with Crippen molar-refractivity contribution in [3.63, 3.8) is 0 Å². The van der Waals surface area contributed by atoms with Crippen molar-refractivity contribution in [2.24, 2.45) is 0 Å². The van der Waals surface area contributed by atoms with Crippen LogP contribution in [0.5, 0.6) is 0 Å². The van der Waals surface area contributed by atoms with Crippen LogP contribution in [0.3, 0.4) is 0 Å². The second kappa shape index (κ2) is 0.962. The van der Waals surface area contributed by atoms with E-state index in [1.54, 1.807) is 0 Å². The minimum atomic E-state index is 0.458. The molecule has 0 saturated carbocycles. The quantitative estimate of drug-likeness (QED) is 0.319. The Bertz CT molecular complexity index is 69.9. The maximum atomic E-state index is 2.79. The summed E-state index contributed by atoms with van der Waals surface area (Å²) in [6.07, 6.45) is 0. The van der Waals surface area contributed by atoms with Gasteiger partial charge in [-0.2, -0.15) is 0 Å². The molecular formula is C4H10NP. The van der Waals surface area contributed by atoms with E-state index in [1.807, 2.05) is 0 Å². The van der Waals surface area contributed by atoms with E-state index in [0.717, 1.165) is 0 Å². The van der Waals surface area contributed by atoms with Crippen LogP contribution in [0.1, 0.15) is 6.92 Å². The summed E-state index contributed by atoms with van der Waals surface area (Å²) in [7, 11) is 4.91. The van der Waals surface area contributed by atoms with Crippen molar-refractivity contribution < 1.29 is 0 Å². The minimum Gasteiger partial charge on any atom is -0.294 e. The Labute approximate surface area is 40.9 Å². The zero-order valence-corrected chi connectivity index (χ0v) is 5.39. The van der Waals surface area contributed by atoms with Gasteiger partial charge in [-0.3, -0.25) is 4.90 Å². The Hall–Kier alpha value is 0.390. The first-order valence-electron chi connectivity index (χ1n) is 2.13. The third kappa shape index (κ3) is 0.572. The van der Waals surface area contributed by atoms with E-state index in [2.05, 4.69) is 28.1 Å². The SMILES string of the molecule is CN1CC1(C)P. The maximum absolute atomic E-state index is 2.79.